The Labute approximate surface area is 175 Å². The van der Waals surface area contributed by atoms with Gasteiger partial charge in [-0.2, -0.15) is 10.2 Å². The highest BCUT2D eigenvalue weighted by Gasteiger charge is 2.23. The molecule has 7 nitrogen and oxygen atoms in total. The number of benzene rings is 2. The fourth-order valence-electron chi connectivity index (χ4n) is 3.63. The van der Waals surface area contributed by atoms with Gasteiger partial charge in [0, 0.05) is 11.8 Å². The summed E-state index contributed by atoms with van der Waals surface area (Å²) in [6.45, 7) is 5.22. The number of carbonyl (C=O) groups excluding carboxylic acids is 1. The second kappa shape index (κ2) is 8.82. The predicted octanol–water partition coefficient (Wildman–Crippen LogP) is 3.44. The van der Waals surface area contributed by atoms with Gasteiger partial charge in [-0.15, -0.1) is 0 Å². The molecule has 2 atom stereocenters. The minimum Gasteiger partial charge on any atom is -0.298 e. The molecule has 0 saturated carbocycles. The monoisotopic (exact) mass is 400 g/mol. The summed E-state index contributed by atoms with van der Waals surface area (Å²) in [7, 11) is 0. The fraction of sp³-hybridized carbons (Fsp3) is 0.261. The summed E-state index contributed by atoms with van der Waals surface area (Å²) >= 11 is 0. The second-order valence-electron chi connectivity index (χ2n) is 7.52. The van der Waals surface area contributed by atoms with Crippen LogP contribution < -0.4 is 0 Å². The number of carbonyl (C=O) groups is 1. The highest BCUT2D eigenvalue weighted by molar-refractivity contribution is 5.91. The quantitative estimate of drug-likeness (QED) is 0.453. The highest BCUT2D eigenvalue weighted by Crippen LogP contribution is 2.27. The van der Waals surface area contributed by atoms with Gasteiger partial charge < -0.3 is 0 Å². The standard InChI is InChI=1S/C23H24N6O/c1-17(21-7-3-5-19(9-21)11-28-15-24-13-26-28)23(30)18(2)22-8-4-6-20(10-22)12-29-16-25-14-27-29/h3-10,13-18H,11-12H2,1-2H3. The number of hydrogen-bond acceptors (Lipinski definition) is 5. The summed E-state index contributed by atoms with van der Waals surface area (Å²) in [6, 6.07) is 16.3. The lowest BCUT2D eigenvalue weighted by atomic mass is 9.85. The van der Waals surface area contributed by atoms with E-state index in [9.17, 15) is 4.79 Å². The van der Waals surface area contributed by atoms with Gasteiger partial charge in [-0.05, 0) is 22.3 Å². The number of Topliss-reactive ketones (excluding diaryl/α,β-unsaturated/α-hetero) is 1. The molecule has 0 bridgehead atoms. The first-order valence-corrected chi connectivity index (χ1v) is 9.96. The average Bonchev–Trinajstić information content (AvgIpc) is 3.47. The smallest absolute Gasteiger partial charge is 0.147 e. The van der Waals surface area contributed by atoms with Crippen molar-refractivity contribution in [1.29, 1.82) is 0 Å². The molecule has 2 unspecified atom stereocenters. The number of hydrogen-bond donors (Lipinski definition) is 0. The molecule has 0 fully saturated rings. The van der Waals surface area contributed by atoms with Crippen LogP contribution in [0.5, 0.6) is 0 Å². The first kappa shape index (κ1) is 19.7. The van der Waals surface area contributed by atoms with Gasteiger partial charge in [0.1, 0.15) is 31.1 Å². The third-order valence-electron chi connectivity index (χ3n) is 5.38. The largest absolute Gasteiger partial charge is 0.298 e. The lowest BCUT2D eigenvalue weighted by Crippen LogP contribution is -2.17. The van der Waals surface area contributed by atoms with Crippen LogP contribution in [-0.4, -0.2) is 35.3 Å². The molecule has 2 heterocycles. The van der Waals surface area contributed by atoms with Crippen molar-refractivity contribution in [3.63, 3.8) is 0 Å². The van der Waals surface area contributed by atoms with Crippen LogP contribution in [0.25, 0.3) is 0 Å². The Morgan fingerprint density at radius 3 is 1.67 bits per heavy atom. The van der Waals surface area contributed by atoms with Crippen LogP contribution in [0.4, 0.5) is 0 Å². The fourth-order valence-corrected chi connectivity index (χ4v) is 3.63. The molecule has 0 aliphatic heterocycles. The van der Waals surface area contributed by atoms with Crippen molar-refractivity contribution in [3.05, 3.63) is 96.1 Å². The van der Waals surface area contributed by atoms with Crippen molar-refractivity contribution in [1.82, 2.24) is 29.5 Å². The van der Waals surface area contributed by atoms with Gasteiger partial charge in [0.05, 0.1) is 13.1 Å². The zero-order chi connectivity index (χ0) is 20.9. The lowest BCUT2D eigenvalue weighted by molar-refractivity contribution is -0.121. The van der Waals surface area contributed by atoms with E-state index in [0.29, 0.717) is 13.1 Å². The van der Waals surface area contributed by atoms with Gasteiger partial charge in [-0.3, -0.25) is 4.79 Å². The van der Waals surface area contributed by atoms with E-state index in [1.54, 1.807) is 22.0 Å². The first-order valence-electron chi connectivity index (χ1n) is 9.96. The van der Waals surface area contributed by atoms with Gasteiger partial charge in [-0.1, -0.05) is 62.4 Å². The highest BCUT2D eigenvalue weighted by atomic mass is 16.1. The van der Waals surface area contributed by atoms with E-state index in [1.807, 2.05) is 50.2 Å². The molecule has 152 valence electrons. The minimum atomic E-state index is -0.199. The zero-order valence-corrected chi connectivity index (χ0v) is 17.1. The molecule has 7 heteroatoms. The van der Waals surface area contributed by atoms with E-state index in [2.05, 4.69) is 32.3 Å². The second-order valence-corrected chi connectivity index (χ2v) is 7.52. The lowest BCUT2D eigenvalue weighted by Gasteiger charge is -2.18. The summed E-state index contributed by atoms with van der Waals surface area (Å²) in [5.74, 6) is -0.199. The van der Waals surface area contributed by atoms with Gasteiger partial charge in [0.2, 0.25) is 0 Å². The minimum absolute atomic E-state index is 0.199. The number of ketones is 1. The molecule has 0 spiro atoms. The Bertz CT molecular complexity index is 1020. The molecule has 2 aromatic heterocycles. The van der Waals surface area contributed by atoms with Crippen LogP contribution >= 0.6 is 0 Å². The molecule has 4 aromatic rings. The van der Waals surface area contributed by atoms with Gasteiger partial charge in [-0.25, -0.2) is 19.3 Å². The van der Waals surface area contributed by atoms with Gasteiger partial charge >= 0.3 is 0 Å². The van der Waals surface area contributed by atoms with E-state index in [4.69, 9.17) is 0 Å². The Morgan fingerprint density at radius 1 is 0.800 bits per heavy atom. The molecule has 0 aliphatic carbocycles. The Morgan fingerprint density at radius 2 is 1.27 bits per heavy atom. The molecule has 0 amide bonds. The maximum Gasteiger partial charge on any atom is 0.147 e. The SMILES string of the molecule is CC(C(=O)C(C)c1cccc(Cn2cncn2)c1)c1cccc(Cn2cncn2)c1. The van der Waals surface area contributed by atoms with E-state index in [1.165, 1.54) is 12.7 Å². The molecule has 30 heavy (non-hydrogen) atoms. The number of rotatable bonds is 8. The normalized spacial score (nSPS) is 13.1. The van der Waals surface area contributed by atoms with Crippen LogP contribution in [0.2, 0.25) is 0 Å². The van der Waals surface area contributed by atoms with Crippen molar-refractivity contribution in [3.8, 4) is 0 Å². The Balaban J connectivity index is 1.48. The molecule has 2 aromatic carbocycles. The third-order valence-corrected chi connectivity index (χ3v) is 5.38. The maximum atomic E-state index is 13.2. The van der Waals surface area contributed by atoms with E-state index in [-0.39, 0.29) is 17.6 Å². The van der Waals surface area contributed by atoms with Gasteiger partial charge in [0.15, 0.2) is 0 Å². The van der Waals surface area contributed by atoms with E-state index >= 15 is 0 Å². The van der Waals surface area contributed by atoms with Crippen LogP contribution in [0.15, 0.2) is 73.8 Å². The van der Waals surface area contributed by atoms with Crippen LogP contribution in [0.1, 0.15) is 47.9 Å². The van der Waals surface area contributed by atoms with E-state index < -0.39 is 0 Å². The Kier molecular flexibility index (Phi) is 5.79. The van der Waals surface area contributed by atoms with Crippen LogP contribution in [-0.2, 0) is 17.9 Å². The molecular weight excluding hydrogens is 376 g/mol. The summed E-state index contributed by atoms with van der Waals surface area (Å²) in [4.78, 5) is 21.2. The average molecular weight is 400 g/mol. The van der Waals surface area contributed by atoms with Crippen molar-refractivity contribution in [2.24, 2.45) is 0 Å². The molecular formula is C23H24N6O. The van der Waals surface area contributed by atoms with Crippen molar-refractivity contribution in [2.45, 2.75) is 38.8 Å². The summed E-state index contributed by atoms with van der Waals surface area (Å²) in [5.41, 5.74) is 4.23. The topological polar surface area (TPSA) is 78.5 Å². The van der Waals surface area contributed by atoms with Crippen LogP contribution in [0.3, 0.4) is 0 Å². The van der Waals surface area contributed by atoms with Gasteiger partial charge in [0.25, 0.3) is 0 Å². The van der Waals surface area contributed by atoms with Crippen molar-refractivity contribution >= 4 is 5.78 Å². The number of nitrogens with zero attached hydrogens (tertiary/aromatic N) is 6. The maximum absolute atomic E-state index is 13.2. The van der Waals surface area contributed by atoms with Crippen molar-refractivity contribution in [2.75, 3.05) is 0 Å². The van der Waals surface area contributed by atoms with E-state index in [0.717, 1.165) is 22.3 Å². The molecule has 0 saturated heterocycles. The summed E-state index contributed by atoms with van der Waals surface area (Å²) in [5, 5.41) is 8.30. The molecule has 0 aliphatic rings. The zero-order valence-electron chi connectivity index (χ0n) is 17.1. The first-order chi connectivity index (χ1) is 14.6. The van der Waals surface area contributed by atoms with Crippen LogP contribution in [0, 0.1) is 0 Å². The summed E-state index contributed by atoms with van der Waals surface area (Å²) < 4.78 is 3.55. The van der Waals surface area contributed by atoms with Crippen molar-refractivity contribution < 1.29 is 4.79 Å². The Hall–Kier alpha value is -3.61. The molecule has 4 rings (SSSR count). The molecule has 0 radical (unpaired) electrons. The third kappa shape index (κ3) is 4.51. The summed E-state index contributed by atoms with van der Waals surface area (Å²) in [6.07, 6.45) is 6.43. The predicted molar refractivity (Wildman–Crippen MR) is 113 cm³/mol. The number of aromatic nitrogens is 6. The molecule has 0 N–H and O–H groups in total.